The first kappa shape index (κ1) is 15.4. The second-order valence-corrected chi connectivity index (χ2v) is 5.91. The molecular weight excluding hydrogens is 314 g/mol. The first-order valence-corrected chi connectivity index (χ1v) is 8.07. The molecule has 0 saturated carbocycles. The Balaban J connectivity index is 1.49. The third kappa shape index (κ3) is 3.09. The Morgan fingerprint density at radius 2 is 1.12 bits per heavy atom. The van der Waals surface area contributed by atoms with Crippen LogP contribution in [0.4, 0.5) is 0 Å². The van der Waals surface area contributed by atoms with Crippen LogP contribution in [0, 0.1) is 0 Å². The van der Waals surface area contributed by atoms with Crippen molar-refractivity contribution < 1.29 is 10.2 Å². The van der Waals surface area contributed by atoms with Crippen LogP contribution in [0.2, 0.25) is 0 Å². The monoisotopic (exact) mass is 331 g/mol. The largest absolute Gasteiger partial charge is 0.506 e. The molecule has 0 amide bonds. The smallest absolute Gasteiger partial charge is 0.141 e. The van der Waals surface area contributed by atoms with E-state index in [0.29, 0.717) is 24.1 Å². The standard InChI is InChI=1S/C20H17N3O2/c24-17-5-1-3-13-7-9-15(22-19(13)17)11-21-12-16-10-8-14-4-2-6-18(25)20(14)23-16/h1-10,21,24-25H,11-12H2. The molecule has 0 bridgehead atoms. The van der Waals surface area contributed by atoms with Crippen molar-refractivity contribution in [3.8, 4) is 11.5 Å². The first-order valence-electron chi connectivity index (χ1n) is 8.07. The maximum absolute atomic E-state index is 9.91. The summed E-state index contributed by atoms with van der Waals surface area (Å²) in [4.78, 5) is 8.99. The van der Waals surface area contributed by atoms with E-state index < -0.39 is 0 Å². The molecule has 0 fully saturated rings. The molecule has 124 valence electrons. The van der Waals surface area contributed by atoms with Gasteiger partial charge in [0.15, 0.2) is 0 Å². The molecule has 4 aromatic rings. The summed E-state index contributed by atoms with van der Waals surface area (Å²) in [7, 11) is 0. The Morgan fingerprint density at radius 3 is 1.60 bits per heavy atom. The zero-order chi connectivity index (χ0) is 17.2. The summed E-state index contributed by atoms with van der Waals surface area (Å²) in [5.41, 5.74) is 2.90. The molecule has 0 aliphatic rings. The summed E-state index contributed by atoms with van der Waals surface area (Å²) < 4.78 is 0. The van der Waals surface area contributed by atoms with Gasteiger partial charge in [0.25, 0.3) is 0 Å². The highest BCUT2D eigenvalue weighted by atomic mass is 16.3. The van der Waals surface area contributed by atoms with Gasteiger partial charge in [-0.3, -0.25) is 0 Å². The van der Waals surface area contributed by atoms with Crippen LogP contribution in [-0.4, -0.2) is 20.2 Å². The van der Waals surface area contributed by atoms with E-state index in [4.69, 9.17) is 0 Å². The molecular formula is C20H17N3O2. The summed E-state index contributed by atoms with van der Waals surface area (Å²) in [6.45, 7) is 1.12. The van der Waals surface area contributed by atoms with Gasteiger partial charge in [-0.05, 0) is 24.3 Å². The lowest BCUT2D eigenvalue weighted by atomic mass is 10.2. The van der Waals surface area contributed by atoms with Gasteiger partial charge >= 0.3 is 0 Å². The van der Waals surface area contributed by atoms with E-state index in [2.05, 4.69) is 15.3 Å². The van der Waals surface area contributed by atoms with E-state index in [1.807, 2.05) is 36.4 Å². The van der Waals surface area contributed by atoms with Gasteiger partial charge in [-0.1, -0.05) is 36.4 Å². The quantitative estimate of drug-likeness (QED) is 0.533. The number of hydrogen-bond donors (Lipinski definition) is 3. The zero-order valence-corrected chi connectivity index (χ0v) is 13.5. The van der Waals surface area contributed by atoms with Gasteiger partial charge in [0.1, 0.15) is 22.5 Å². The molecule has 3 N–H and O–H groups in total. The Kier molecular flexibility index (Phi) is 3.91. The molecule has 4 rings (SSSR count). The second-order valence-electron chi connectivity index (χ2n) is 5.91. The van der Waals surface area contributed by atoms with Crippen LogP contribution in [-0.2, 0) is 13.1 Å². The highest BCUT2D eigenvalue weighted by Crippen LogP contribution is 2.23. The number of benzene rings is 2. The molecule has 0 aliphatic heterocycles. The molecule has 0 atom stereocenters. The lowest BCUT2D eigenvalue weighted by molar-refractivity contribution is 0.480. The van der Waals surface area contributed by atoms with Crippen molar-refractivity contribution in [2.24, 2.45) is 0 Å². The summed E-state index contributed by atoms with van der Waals surface area (Å²) in [5.74, 6) is 0.372. The van der Waals surface area contributed by atoms with Crippen LogP contribution in [0.5, 0.6) is 11.5 Å². The third-order valence-electron chi connectivity index (χ3n) is 4.13. The van der Waals surface area contributed by atoms with Crippen LogP contribution < -0.4 is 5.32 Å². The van der Waals surface area contributed by atoms with Crippen LogP contribution in [0.25, 0.3) is 21.8 Å². The maximum atomic E-state index is 9.91. The van der Waals surface area contributed by atoms with Crippen molar-refractivity contribution in [2.75, 3.05) is 0 Å². The molecule has 2 aromatic carbocycles. The molecule has 0 aliphatic carbocycles. The number of para-hydroxylation sites is 2. The molecule has 25 heavy (non-hydrogen) atoms. The molecule has 2 aromatic heterocycles. The van der Waals surface area contributed by atoms with E-state index >= 15 is 0 Å². The Bertz CT molecular complexity index is 978. The minimum Gasteiger partial charge on any atom is -0.506 e. The Morgan fingerprint density at radius 1 is 0.640 bits per heavy atom. The van der Waals surface area contributed by atoms with Crippen LogP contribution >= 0.6 is 0 Å². The normalized spacial score (nSPS) is 11.2. The molecule has 0 radical (unpaired) electrons. The van der Waals surface area contributed by atoms with E-state index in [1.165, 1.54) is 0 Å². The highest BCUT2D eigenvalue weighted by Gasteiger charge is 2.05. The first-order chi connectivity index (χ1) is 12.2. The van der Waals surface area contributed by atoms with Gasteiger partial charge in [-0.25, -0.2) is 9.97 Å². The fraction of sp³-hybridized carbons (Fsp3) is 0.100. The van der Waals surface area contributed by atoms with E-state index in [0.717, 1.165) is 22.2 Å². The average Bonchev–Trinajstić information content (AvgIpc) is 2.63. The average molecular weight is 331 g/mol. The minimum atomic E-state index is 0.186. The van der Waals surface area contributed by atoms with Crippen molar-refractivity contribution in [2.45, 2.75) is 13.1 Å². The van der Waals surface area contributed by atoms with Crippen molar-refractivity contribution in [1.82, 2.24) is 15.3 Å². The van der Waals surface area contributed by atoms with Gasteiger partial charge in [0, 0.05) is 23.9 Å². The van der Waals surface area contributed by atoms with Crippen molar-refractivity contribution in [1.29, 1.82) is 0 Å². The Hall–Kier alpha value is -3.18. The van der Waals surface area contributed by atoms with Crippen molar-refractivity contribution in [3.05, 3.63) is 72.1 Å². The zero-order valence-electron chi connectivity index (χ0n) is 13.5. The van der Waals surface area contributed by atoms with Crippen LogP contribution in [0.15, 0.2) is 60.7 Å². The predicted octanol–water partition coefficient (Wildman–Crippen LogP) is 3.48. The number of phenols is 2. The number of nitrogens with one attached hydrogen (secondary N) is 1. The fourth-order valence-electron chi connectivity index (χ4n) is 2.86. The number of phenolic OH excluding ortho intramolecular Hbond substituents is 2. The summed E-state index contributed by atoms with van der Waals surface area (Å²) in [5, 5.41) is 24.9. The maximum Gasteiger partial charge on any atom is 0.141 e. The van der Waals surface area contributed by atoms with E-state index in [-0.39, 0.29) is 11.5 Å². The number of fused-ring (bicyclic) bond motifs is 2. The second kappa shape index (κ2) is 6.37. The number of nitrogens with zero attached hydrogens (tertiary/aromatic N) is 2. The molecule has 5 nitrogen and oxygen atoms in total. The molecule has 0 saturated heterocycles. The molecule has 0 unspecified atom stereocenters. The number of aromatic nitrogens is 2. The number of hydrogen-bond acceptors (Lipinski definition) is 5. The lowest BCUT2D eigenvalue weighted by Crippen LogP contribution is -2.14. The molecule has 0 spiro atoms. The van der Waals surface area contributed by atoms with Gasteiger partial charge in [-0.15, -0.1) is 0 Å². The van der Waals surface area contributed by atoms with Gasteiger partial charge in [0.2, 0.25) is 0 Å². The summed E-state index contributed by atoms with van der Waals surface area (Å²) in [6.07, 6.45) is 0. The number of aromatic hydroxyl groups is 2. The minimum absolute atomic E-state index is 0.186. The summed E-state index contributed by atoms with van der Waals surface area (Å²) >= 11 is 0. The van der Waals surface area contributed by atoms with Crippen molar-refractivity contribution >= 4 is 21.8 Å². The van der Waals surface area contributed by atoms with E-state index in [9.17, 15) is 10.2 Å². The van der Waals surface area contributed by atoms with Crippen LogP contribution in [0.1, 0.15) is 11.4 Å². The molecule has 2 heterocycles. The number of rotatable bonds is 4. The van der Waals surface area contributed by atoms with Gasteiger partial charge < -0.3 is 15.5 Å². The third-order valence-corrected chi connectivity index (χ3v) is 4.13. The molecule has 5 heteroatoms. The predicted molar refractivity (Wildman–Crippen MR) is 97.4 cm³/mol. The SMILES string of the molecule is Oc1cccc2ccc(CNCc3ccc4cccc(O)c4n3)nc12. The number of pyridine rings is 2. The lowest BCUT2D eigenvalue weighted by Gasteiger charge is -2.07. The topological polar surface area (TPSA) is 78.3 Å². The van der Waals surface area contributed by atoms with Gasteiger partial charge in [-0.2, -0.15) is 0 Å². The van der Waals surface area contributed by atoms with Crippen molar-refractivity contribution in [3.63, 3.8) is 0 Å². The van der Waals surface area contributed by atoms with Gasteiger partial charge in [0.05, 0.1) is 11.4 Å². The fourth-order valence-corrected chi connectivity index (χ4v) is 2.86. The summed E-state index contributed by atoms with van der Waals surface area (Å²) in [6, 6.07) is 18.5. The highest BCUT2D eigenvalue weighted by molar-refractivity contribution is 5.84. The van der Waals surface area contributed by atoms with E-state index in [1.54, 1.807) is 24.3 Å². The van der Waals surface area contributed by atoms with Crippen LogP contribution in [0.3, 0.4) is 0 Å². The Labute approximate surface area is 144 Å².